The van der Waals surface area contributed by atoms with Gasteiger partial charge in [0.2, 0.25) is 5.91 Å². The maximum absolute atomic E-state index is 11.6. The van der Waals surface area contributed by atoms with Crippen molar-refractivity contribution in [1.29, 1.82) is 0 Å². The van der Waals surface area contributed by atoms with Crippen LogP contribution in [0.2, 0.25) is 0 Å². The van der Waals surface area contributed by atoms with Gasteiger partial charge < -0.3 is 10.4 Å². The van der Waals surface area contributed by atoms with Gasteiger partial charge in [0.25, 0.3) is 0 Å². The van der Waals surface area contributed by atoms with Gasteiger partial charge in [-0.05, 0) is 18.1 Å². The summed E-state index contributed by atoms with van der Waals surface area (Å²) in [4.78, 5) is 12.8. The fourth-order valence-corrected chi connectivity index (χ4v) is 2.84. The van der Waals surface area contributed by atoms with E-state index in [1.54, 1.807) is 11.8 Å². The third-order valence-corrected chi connectivity index (χ3v) is 3.67. The molecule has 0 bridgehead atoms. The first-order chi connectivity index (χ1) is 7.31. The predicted octanol–water partition coefficient (Wildman–Crippen LogP) is 0.812. The second kappa shape index (κ2) is 4.68. The molecular formula is C11H13NO2S. The van der Waals surface area contributed by atoms with Crippen molar-refractivity contribution in [2.45, 2.75) is 16.6 Å². The number of carbonyl (C=O) groups excluding carboxylic acids is 1. The summed E-state index contributed by atoms with van der Waals surface area (Å²) in [6.45, 7) is 0.336. The van der Waals surface area contributed by atoms with Crippen LogP contribution in [-0.2, 0) is 11.2 Å². The van der Waals surface area contributed by atoms with Crippen LogP contribution in [0.5, 0.6) is 0 Å². The molecule has 0 aromatic heterocycles. The van der Waals surface area contributed by atoms with Crippen LogP contribution in [0.4, 0.5) is 0 Å². The number of thioether (sulfide) groups is 1. The molecule has 1 aromatic rings. The lowest BCUT2D eigenvalue weighted by Crippen LogP contribution is -2.34. The number of nitrogens with one attached hydrogen (secondary N) is 1. The largest absolute Gasteiger partial charge is 0.395 e. The van der Waals surface area contributed by atoms with Crippen molar-refractivity contribution < 1.29 is 9.90 Å². The molecular weight excluding hydrogens is 210 g/mol. The highest BCUT2D eigenvalue weighted by Gasteiger charge is 2.27. The van der Waals surface area contributed by atoms with Gasteiger partial charge >= 0.3 is 0 Å². The summed E-state index contributed by atoms with van der Waals surface area (Å²) in [6, 6.07) is 8.08. The Balaban J connectivity index is 1.98. The highest BCUT2D eigenvalue weighted by atomic mass is 32.2. The maximum Gasteiger partial charge on any atom is 0.233 e. The number of aliphatic hydroxyl groups excluding tert-OH is 1. The average Bonchev–Trinajstić information content (AvgIpc) is 2.69. The summed E-state index contributed by atoms with van der Waals surface area (Å²) in [7, 11) is 0. The van der Waals surface area contributed by atoms with Crippen molar-refractivity contribution >= 4 is 17.7 Å². The van der Waals surface area contributed by atoms with E-state index < -0.39 is 0 Å². The van der Waals surface area contributed by atoms with E-state index >= 15 is 0 Å². The molecule has 80 valence electrons. The Morgan fingerprint density at radius 2 is 2.33 bits per heavy atom. The van der Waals surface area contributed by atoms with Crippen molar-refractivity contribution in [1.82, 2.24) is 5.32 Å². The van der Waals surface area contributed by atoms with Gasteiger partial charge in [0.05, 0.1) is 11.9 Å². The van der Waals surface area contributed by atoms with Gasteiger partial charge in [-0.2, -0.15) is 0 Å². The molecule has 1 aliphatic heterocycles. The zero-order chi connectivity index (χ0) is 10.7. The lowest BCUT2D eigenvalue weighted by molar-refractivity contribution is -0.120. The van der Waals surface area contributed by atoms with Gasteiger partial charge in [0.15, 0.2) is 0 Å². The molecule has 0 radical (unpaired) electrons. The van der Waals surface area contributed by atoms with Crippen LogP contribution in [0.3, 0.4) is 0 Å². The highest BCUT2D eigenvalue weighted by molar-refractivity contribution is 8.01. The smallest absolute Gasteiger partial charge is 0.233 e. The van der Waals surface area contributed by atoms with Gasteiger partial charge in [-0.1, -0.05) is 18.2 Å². The number of fused-ring (bicyclic) bond motifs is 1. The first kappa shape index (κ1) is 10.5. The Hall–Kier alpha value is -1.00. The SMILES string of the molecule is O=C(NCCO)C1Cc2ccccc2S1. The standard InChI is InChI=1S/C11H13NO2S/c13-6-5-12-11(14)10-7-8-3-1-2-4-9(8)15-10/h1-4,10,13H,5-7H2,(H,12,14). The quantitative estimate of drug-likeness (QED) is 0.797. The highest BCUT2D eigenvalue weighted by Crippen LogP contribution is 2.36. The van der Waals surface area contributed by atoms with Crippen LogP contribution < -0.4 is 5.32 Å². The van der Waals surface area contributed by atoms with E-state index in [0.717, 1.165) is 6.42 Å². The molecule has 0 aliphatic carbocycles. The second-order valence-corrected chi connectivity index (χ2v) is 4.68. The minimum absolute atomic E-state index is 0.00389. The van der Waals surface area contributed by atoms with E-state index in [9.17, 15) is 4.79 Å². The number of carbonyl (C=O) groups is 1. The normalized spacial score (nSPS) is 18.6. The minimum atomic E-state index is -0.0334. The first-order valence-electron chi connectivity index (χ1n) is 4.94. The molecule has 1 amide bonds. The predicted molar refractivity (Wildman–Crippen MR) is 59.9 cm³/mol. The average molecular weight is 223 g/mol. The van der Waals surface area contributed by atoms with E-state index in [1.165, 1.54) is 10.5 Å². The minimum Gasteiger partial charge on any atom is -0.395 e. The Morgan fingerprint density at radius 3 is 3.07 bits per heavy atom. The molecule has 2 rings (SSSR count). The molecule has 3 nitrogen and oxygen atoms in total. The summed E-state index contributed by atoms with van der Waals surface area (Å²) >= 11 is 1.60. The monoisotopic (exact) mass is 223 g/mol. The number of hydrogen-bond donors (Lipinski definition) is 2. The lowest BCUT2D eigenvalue weighted by atomic mass is 10.1. The Kier molecular flexibility index (Phi) is 3.28. The second-order valence-electron chi connectivity index (χ2n) is 3.43. The Morgan fingerprint density at radius 1 is 1.53 bits per heavy atom. The van der Waals surface area contributed by atoms with Crippen molar-refractivity contribution in [2.24, 2.45) is 0 Å². The first-order valence-corrected chi connectivity index (χ1v) is 5.82. The van der Waals surface area contributed by atoms with E-state index in [2.05, 4.69) is 11.4 Å². The number of aliphatic hydroxyl groups is 1. The molecule has 0 fully saturated rings. The fourth-order valence-electron chi connectivity index (χ4n) is 1.62. The van der Waals surface area contributed by atoms with E-state index in [4.69, 9.17) is 5.11 Å². The molecule has 0 saturated heterocycles. The fraction of sp³-hybridized carbons (Fsp3) is 0.364. The van der Waals surface area contributed by atoms with E-state index in [-0.39, 0.29) is 17.8 Å². The zero-order valence-electron chi connectivity index (χ0n) is 8.27. The topological polar surface area (TPSA) is 49.3 Å². The maximum atomic E-state index is 11.6. The number of amides is 1. The molecule has 1 aliphatic rings. The van der Waals surface area contributed by atoms with Gasteiger partial charge in [0, 0.05) is 11.4 Å². The van der Waals surface area contributed by atoms with Crippen LogP contribution in [0.15, 0.2) is 29.2 Å². The number of hydrogen-bond acceptors (Lipinski definition) is 3. The van der Waals surface area contributed by atoms with Crippen LogP contribution in [0.25, 0.3) is 0 Å². The molecule has 1 unspecified atom stereocenters. The molecule has 4 heteroatoms. The molecule has 2 N–H and O–H groups in total. The molecule has 1 aromatic carbocycles. The van der Waals surface area contributed by atoms with Crippen LogP contribution in [-0.4, -0.2) is 29.4 Å². The van der Waals surface area contributed by atoms with Gasteiger partial charge in [-0.15, -0.1) is 11.8 Å². The molecule has 1 heterocycles. The van der Waals surface area contributed by atoms with Gasteiger partial charge in [-0.25, -0.2) is 0 Å². The zero-order valence-corrected chi connectivity index (χ0v) is 9.09. The molecule has 0 spiro atoms. The van der Waals surface area contributed by atoms with Crippen molar-refractivity contribution in [3.63, 3.8) is 0 Å². The number of rotatable bonds is 3. The molecule has 0 saturated carbocycles. The summed E-state index contributed by atoms with van der Waals surface area (Å²) in [6.07, 6.45) is 0.790. The Labute approximate surface area is 92.9 Å². The lowest BCUT2D eigenvalue weighted by Gasteiger charge is -2.08. The van der Waals surface area contributed by atoms with Gasteiger partial charge in [-0.3, -0.25) is 4.79 Å². The van der Waals surface area contributed by atoms with E-state index in [1.807, 2.05) is 18.2 Å². The van der Waals surface area contributed by atoms with Crippen LogP contribution in [0.1, 0.15) is 5.56 Å². The summed E-state index contributed by atoms with van der Waals surface area (Å²) in [5.74, 6) is 0.0188. The summed E-state index contributed by atoms with van der Waals surface area (Å²) < 4.78 is 0. The molecule has 1 atom stereocenters. The molecule has 15 heavy (non-hydrogen) atoms. The van der Waals surface area contributed by atoms with Gasteiger partial charge in [0.1, 0.15) is 0 Å². The van der Waals surface area contributed by atoms with Crippen molar-refractivity contribution in [3.8, 4) is 0 Å². The summed E-state index contributed by atoms with van der Waals surface area (Å²) in [5, 5.41) is 11.3. The third-order valence-electron chi connectivity index (χ3n) is 2.35. The van der Waals surface area contributed by atoms with E-state index in [0.29, 0.717) is 6.54 Å². The third kappa shape index (κ3) is 2.33. The van der Waals surface area contributed by atoms with Crippen molar-refractivity contribution in [3.05, 3.63) is 29.8 Å². The number of benzene rings is 1. The summed E-state index contributed by atoms with van der Waals surface area (Å²) in [5.41, 5.74) is 1.24. The van der Waals surface area contributed by atoms with Crippen LogP contribution in [0, 0.1) is 0 Å². The Bertz CT molecular complexity index is 342. The van der Waals surface area contributed by atoms with Crippen molar-refractivity contribution in [2.75, 3.05) is 13.2 Å². The van der Waals surface area contributed by atoms with Crippen LogP contribution >= 0.6 is 11.8 Å².